The minimum absolute atomic E-state index is 0.0590. The second kappa shape index (κ2) is 6.20. The third-order valence-corrected chi connectivity index (χ3v) is 3.50. The molecular formula is C13H17BrN2O2. The Morgan fingerprint density at radius 1 is 1.50 bits per heavy atom. The van der Waals surface area contributed by atoms with E-state index in [9.17, 15) is 4.79 Å². The van der Waals surface area contributed by atoms with E-state index >= 15 is 0 Å². The molecule has 0 aliphatic carbocycles. The lowest BCUT2D eigenvalue weighted by molar-refractivity contribution is -0.120. The van der Waals surface area contributed by atoms with Crippen LogP contribution < -0.4 is 15.4 Å². The fourth-order valence-electron chi connectivity index (χ4n) is 2.07. The molecule has 1 aliphatic rings. The van der Waals surface area contributed by atoms with Crippen molar-refractivity contribution in [3.05, 3.63) is 22.7 Å². The molecule has 0 aromatic heterocycles. The number of hydrogen-bond donors (Lipinski definition) is 2. The van der Waals surface area contributed by atoms with E-state index in [1.165, 1.54) is 0 Å². The summed E-state index contributed by atoms with van der Waals surface area (Å²) in [5, 5.41) is 6.18. The molecule has 1 aliphatic heterocycles. The summed E-state index contributed by atoms with van der Waals surface area (Å²) in [5.74, 6) is 0.854. The molecule has 0 unspecified atom stereocenters. The summed E-state index contributed by atoms with van der Waals surface area (Å²) in [5.41, 5.74) is 0.761. The Kier molecular flexibility index (Phi) is 4.60. The average Bonchev–Trinajstić information content (AvgIpc) is 2.39. The van der Waals surface area contributed by atoms with Crippen molar-refractivity contribution in [3.63, 3.8) is 0 Å². The Labute approximate surface area is 115 Å². The van der Waals surface area contributed by atoms with Crippen molar-refractivity contribution in [1.29, 1.82) is 0 Å². The van der Waals surface area contributed by atoms with Gasteiger partial charge in [-0.15, -0.1) is 0 Å². The van der Waals surface area contributed by atoms with E-state index in [2.05, 4.69) is 26.6 Å². The van der Waals surface area contributed by atoms with Crippen molar-refractivity contribution in [1.82, 2.24) is 5.32 Å². The Hall–Kier alpha value is -1.07. The molecule has 0 spiro atoms. The van der Waals surface area contributed by atoms with Gasteiger partial charge in [-0.1, -0.05) is 15.9 Å². The number of amides is 1. The van der Waals surface area contributed by atoms with Gasteiger partial charge in [0, 0.05) is 22.8 Å². The van der Waals surface area contributed by atoms with Crippen LogP contribution in [0.5, 0.6) is 5.75 Å². The molecule has 1 fully saturated rings. The standard InChI is InChI=1S/C13H17BrN2O2/c1-18-12-6-10(14)5-11(7-12)16-13(17)9-3-2-4-15-8-9/h5-7,9,15H,2-4,8H2,1H3,(H,16,17)/t9-/m0/s1. The second-order valence-corrected chi connectivity index (χ2v) is 5.33. The molecule has 18 heavy (non-hydrogen) atoms. The first-order chi connectivity index (χ1) is 8.69. The van der Waals surface area contributed by atoms with Crippen molar-refractivity contribution < 1.29 is 9.53 Å². The lowest BCUT2D eigenvalue weighted by Crippen LogP contribution is -2.37. The number of piperidine rings is 1. The number of hydrogen-bond acceptors (Lipinski definition) is 3. The summed E-state index contributed by atoms with van der Waals surface area (Å²) in [7, 11) is 1.61. The SMILES string of the molecule is COc1cc(Br)cc(NC(=O)[C@H]2CCCNC2)c1. The molecule has 0 radical (unpaired) electrons. The van der Waals surface area contributed by atoms with E-state index in [0.29, 0.717) is 0 Å². The van der Waals surface area contributed by atoms with Crippen LogP contribution >= 0.6 is 15.9 Å². The highest BCUT2D eigenvalue weighted by molar-refractivity contribution is 9.10. The number of carbonyl (C=O) groups excluding carboxylic acids is 1. The lowest BCUT2D eigenvalue weighted by atomic mass is 9.99. The number of rotatable bonds is 3. The number of carbonyl (C=O) groups is 1. The largest absolute Gasteiger partial charge is 0.497 e. The normalized spacial score (nSPS) is 19.3. The molecule has 2 rings (SSSR count). The number of ether oxygens (including phenoxy) is 1. The summed E-state index contributed by atoms with van der Waals surface area (Å²) in [4.78, 5) is 12.1. The summed E-state index contributed by atoms with van der Waals surface area (Å²) >= 11 is 3.40. The number of nitrogens with one attached hydrogen (secondary N) is 2. The van der Waals surface area contributed by atoms with Crippen LogP contribution in [-0.2, 0) is 4.79 Å². The number of benzene rings is 1. The van der Waals surface area contributed by atoms with E-state index in [4.69, 9.17) is 4.74 Å². The van der Waals surface area contributed by atoms with E-state index in [1.54, 1.807) is 7.11 Å². The molecule has 1 aromatic rings. The monoisotopic (exact) mass is 312 g/mol. The number of halogens is 1. The predicted octanol–water partition coefficient (Wildman–Crippen LogP) is 2.40. The minimum atomic E-state index is 0.0590. The van der Waals surface area contributed by atoms with Crippen LogP contribution in [0.4, 0.5) is 5.69 Å². The lowest BCUT2D eigenvalue weighted by Gasteiger charge is -2.22. The van der Waals surface area contributed by atoms with Crippen LogP contribution in [0, 0.1) is 5.92 Å². The maximum Gasteiger partial charge on any atom is 0.228 e. The quantitative estimate of drug-likeness (QED) is 0.901. The Bertz CT molecular complexity index is 431. The van der Waals surface area contributed by atoms with Gasteiger partial charge >= 0.3 is 0 Å². The van der Waals surface area contributed by atoms with Gasteiger partial charge in [-0.05, 0) is 31.5 Å². The molecule has 1 aromatic carbocycles. The number of methoxy groups -OCH3 is 1. The van der Waals surface area contributed by atoms with E-state index in [0.717, 1.165) is 41.8 Å². The molecule has 5 heteroatoms. The van der Waals surface area contributed by atoms with Crippen LogP contribution in [0.25, 0.3) is 0 Å². The van der Waals surface area contributed by atoms with Gasteiger partial charge in [-0.3, -0.25) is 4.79 Å². The van der Waals surface area contributed by atoms with Gasteiger partial charge in [0.15, 0.2) is 0 Å². The van der Waals surface area contributed by atoms with Gasteiger partial charge in [0.25, 0.3) is 0 Å². The van der Waals surface area contributed by atoms with Crippen molar-refractivity contribution in [2.75, 3.05) is 25.5 Å². The summed E-state index contributed by atoms with van der Waals surface area (Å²) in [6, 6.07) is 5.55. The number of anilines is 1. The zero-order valence-electron chi connectivity index (χ0n) is 10.3. The summed E-state index contributed by atoms with van der Waals surface area (Å²) in [6.45, 7) is 1.77. The molecule has 1 heterocycles. The summed E-state index contributed by atoms with van der Waals surface area (Å²) in [6.07, 6.45) is 2.00. The Morgan fingerprint density at radius 3 is 3.00 bits per heavy atom. The second-order valence-electron chi connectivity index (χ2n) is 4.41. The average molecular weight is 313 g/mol. The molecule has 2 N–H and O–H groups in total. The maximum absolute atomic E-state index is 12.1. The van der Waals surface area contributed by atoms with Gasteiger partial charge in [0.05, 0.1) is 13.0 Å². The zero-order chi connectivity index (χ0) is 13.0. The molecule has 4 nitrogen and oxygen atoms in total. The highest BCUT2D eigenvalue weighted by atomic mass is 79.9. The van der Waals surface area contributed by atoms with Crippen LogP contribution in [-0.4, -0.2) is 26.1 Å². The van der Waals surface area contributed by atoms with Crippen LogP contribution in [0.3, 0.4) is 0 Å². The first-order valence-electron chi connectivity index (χ1n) is 6.05. The van der Waals surface area contributed by atoms with Gasteiger partial charge in [-0.25, -0.2) is 0 Å². The molecule has 1 atom stereocenters. The smallest absolute Gasteiger partial charge is 0.228 e. The molecule has 1 amide bonds. The van der Waals surface area contributed by atoms with Gasteiger partial charge in [0.2, 0.25) is 5.91 Å². The topological polar surface area (TPSA) is 50.4 Å². The van der Waals surface area contributed by atoms with Gasteiger partial charge in [-0.2, -0.15) is 0 Å². The molecule has 98 valence electrons. The fourth-order valence-corrected chi connectivity index (χ4v) is 2.54. The molecule has 0 bridgehead atoms. The van der Waals surface area contributed by atoms with Crippen LogP contribution in [0.2, 0.25) is 0 Å². The van der Waals surface area contributed by atoms with Crippen LogP contribution in [0.15, 0.2) is 22.7 Å². The van der Waals surface area contributed by atoms with Gasteiger partial charge in [0.1, 0.15) is 5.75 Å². The Balaban J connectivity index is 2.03. The highest BCUT2D eigenvalue weighted by Gasteiger charge is 2.20. The Morgan fingerprint density at radius 2 is 2.33 bits per heavy atom. The van der Waals surface area contributed by atoms with E-state index in [-0.39, 0.29) is 11.8 Å². The predicted molar refractivity (Wildman–Crippen MR) is 74.9 cm³/mol. The fraction of sp³-hybridized carbons (Fsp3) is 0.462. The first kappa shape index (κ1) is 13.4. The third-order valence-electron chi connectivity index (χ3n) is 3.04. The van der Waals surface area contributed by atoms with Crippen LogP contribution in [0.1, 0.15) is 12.8 Å². The van der Waals surface area contributed by atoms with Crippen molar-refractivity contribution >= 4 is 27.5 Å². The van der Waals surface area contributed by atoms with Crippen molar-refractivity contribution in [2.45, 2.75) is 12.8 Å². The highest BCUT2D eigenvalue weighted by Crippen LogP contribution is 2.25. The van der Waals surface area contributed by atoms with Crippen molar-refractivity contribution in [3.8, 4) is 5.75 Å². The molecule has 0 saturated carbocycles. The van der Waals surface area contributed by atoms with E-state index < -0.39 is 0 Å². The first-order valence-corrected chi connectivity index (χ1v) is 6.84. The van der Waals surface area contributed by atoms with E-state index in [1.807, 2.05) is 18.2 Å². The summed E-state index contributed by atoms with van der Waals surface area (Å²) < 4.78 is 6.06. The maximum atomic E-state index is 12.1. The van der Waals surface area contributed by atoms with Gasteiger partial charge < -0.3 is 15.4 Å². The van der Waals surface area contributed by atoms with Crippen molar-refractivity contribution in [2.24, 2.45) is 5.92 Å². The molecule has 1 saturated heterocycles. The zero-order valence-corrected chi connectivity index (χ0v) is 11.9. The minimum Gasteiger partial charge on any atom is -0.497 e. The third kappa shape index (κ3) is 3.46. The molecular weight excluding hydrogens is 296 g/mol.